The van der Waals surface area contributed by atoms with Crippen LogP contribution in [0.3, 0.4) is 0 Å². The largest absolute Gasteiger partial charge is 0.351 e. The van der Waals surface area contributed by atoms with Gasteiger partial charge in [0.25, 0.3) is 0 Å². The van der Waals surface area contributed by atoms with Crippen molar-refractivity contribution in [3.8, 4) is 0 Å². The van der Waals surface area contributed by atoms with E-state index in [-0.39, 0.29) is 0 Å². The van der Waals surface area contributed by atoms with E-state index in [0.717, 1.165) is 16.6 Å². The Bertz CT molecular complexity index is 272. The molecule has 0 aliphatic heterocycles. The van der Waals surface area contributed by atoms with E-state index in [1.807, 2.05) is 6.20 Å². The number of nitrogens with two attached hydrogens (primary N) is 1. The van der Waals surface area contributed by atoms with Crippen LogP contribution < -0.4 is 10.6 Å². The van der Waals surface area contributed by atoms with Gasteiger partial charge < -0.3 is 10.6 Å². The minimum absolute atomic E-state index is 0.592. The zero-order valence-corrected chi connectivity index (χ0v) is 9.97. The lowest BCUT2D eigenvalue weighted by molar-refractivity contribution is 0.559. The first kappa shape index (κ1) is 11.5. The quantitative estimate of drug-likeness (QED) is 0.814. The Morgan fingerprint density at radius 1 is 1.64 bits per heavy atom. The van der Waals surface area contributed by atoms with E-state index in [2.05, 4.69) is 30.8 Å². The summed E-state index contributed by atoms with van der Waals surface area (Å²) in [6.45, 7) is 6.13. The van der Waals surface area contributed by atoms with Crippen molar-refractivity contribution in [2.45, 2.75) is 26.8 Å². The van der Waals surface area contributed by atoms with E-state index in [1.54, 1.807) is 11.3 Å². The molecule has 1 heterocycles. The van der Waals surface area contributed by atoms with Crippen LogP contribution in [0.1, 0.15) is 25.1 Å². The summed E-state index contributed by atoms with van der Waals surface area (Å²) >= 11 is 1.68. The molecule has 0 aliphatic rings. The van der Waals surface area contributed by atoms with Crippen molar-refractivity contribution in [1.29, 1.82) is 0 Å². The highest BCUT2D eigenvalue weighted by atomic mass is 32.1. The molecular weight excluding hydrogens is 194 g/mol. The molecular formula is C10H19N3S. The molecule has 1 rings (SSSR count). The number of hydrogen-bond donors (Lipinski definition) is 1. The second kappa shape index (κ2) is 5.32. The van der Waals surface area contributed by atoms with Gasteiger partial charge in [0.1, 0.15) is 0 Å². The SMILES string of the molecule is CCC(C)CN(C)c1ncc(CN)s1. The lowest BCUT2D eigenvalue weighted by Gasteiger charge is -2.19. The van der Waals surface area contributed by atoms with E-state index in [4.69, 9.17) is 5.73 Å². The van der Waals surface area contributed by atoms with Gasteiger partial charge in [0.2, 0.25) is 0 Å². The molecule has 2 N–H and O–H groups in total. The number of aromatic nitrogens is 1. The number of hydrogen-bond acceptors (Lipinski definition) is 4. The molecule has 1 atom stereocenters. The molecule has 0 amide bonds. The van der Waals surface area contributed by atoms with Crippen LogP contribution in [0, 0.1) is 5.92 Å². The Kier molecular flexibility index (Phi) is 4.35. The third-order valence-corrected chi connectivity index (χ3v) is 3.49. The highest BCUT2D eigenvalue weighted by Crippen LogP contribution is 2.21. The molecule has 0 saturated carbocycles. The zero-order valence-electron chi connectivity index (χ0n) is 9.16. The van der Waals surface area contributed by atoms with Gasteiger partial charge in [-0.25, -0.2) is 4.98 Å². The van der Waals surface area contributed by atoms with Crippen molar-refractivity contribution in [1.82, 2.24) is 4.98 Å². The predicted molar refractivity (Wildman–Crippen MR) is 62.7 cm³/mol. The molecule has 14 heavy (non-hydrogen) atoms. The van der Waals surface area contributed by atoms with Gasteiger partial charge in [-0.1, -0.05) is 20.3 Å². The fourth-order valence-electron chi connectivity index (χ4n) is 1.24. The van der Waals surface area contributed by atoms with Crippen molar-refractivity contribution in [3.05, 3.63) is 11.1 Å². The van der Waals surface area contributed by atoms with Gasteiger partial charge in [-0.3, -0.25) is 0 Å². The predicted octanol–water partition coefficient (Wildman–Crippen LogP) is 2.08. The summed E-state index contributed by atoms with van der Waals surface area (Å²) < 4.78 is 0. The molecule has 80 valence electrons. The van der Waals surface area contributed by atoms with Gasteiger partial charge >= 0.3 is 0 Å². The fraction of sp³-hybridized carbons (Fsp3) is 0.700. The van der Waals surface area contributed by atoms with Crippen molar-refractivity contribution >= 4 is 16.5 Å². The third-order valence-electron chi connectivity index (χ3n) is 2.35. The highest BCUT2D eigenvalue weighted by Gasteiger charge is 2.08. The maximum Gasteiger partial charge on any atom is 0.185 e. The van der Waals surface area contributed by atoms with Crippen molar-refractivity contribution in [3.63, 3.8) is 0 Å². The first-order valence-electron chi connectivity index (χ1n) is 5.03. The fourth-order valence-corrected chi connectivity index (χ4v) is 2.00. The standard InChI is InChI=1S/C10H19N3S/c1-4-8(2)7-13(3)10-12-6-9(5-11)14-10/h6,8H,4-5,7,11H2,1-3H3. The van der Waals surface area contributed by atoms with E-state index in [9.17, 15) is 0 Å². The summed E-state index contributed by atoms with van der Waals surface area (Å²) in [6.07, 6.45) is 3.08. The molecule has 1 aromatic rings. The maximum absolute atomic E-state index is 5.54. The maximum atomic E-state index is 5.54. The monoisotopic (exact) mass is 213 g/mol. The van der Waals surface area contributed by atoms with Gasteiger partial charge in [-0.2, -0.15) is 0 Å². The molecule has 0 fully saturated rings. The van der Waals surface area contributed by atoms with E-state index in [1.165, 1.54) is 6.42 Å². The average molecular weight is 213 g/mol. The molecule has 0 aliphatic carbocycles. The summed E-state index contributed by atoms with van der Waals surface area (Å²) in [5.74, 6) is 0.713. The second-order valence-electron chi connectivity index (χ2n) is 3.71. The van der Waals surface area contributed by atoms with Crippen molar-refractivity contribution in [2.75, 3.05) is 18.5 Å². The summed E-state index contributed by atoms with van der Waals surface area (Å²) in [5, 5.41) is 1.07. The van der Waals surface area contributed by atoms with Crippen LogP contribution in [-0.2, 0) is 6.54 Å². The van der Waals surface area contributed by atoms with Crippen LogP contribution in [0.15, 0.2) is 6.20 Å². The Morgan fingerprint density at radius 3 is 2.86 bits per heavy atom. The van der Waals surface area contributed by atoms with Crippen molar-refractivity contribution in [2.24, 2.45) is 11.7 Å². The molecule has 0 bridgehead atoms. The Labute approximate surface area is 89.9 Å². The first-order valence-corrected chi connectivity index (χ1v) is 5.85. The van der Waals surface area contributed by atoms with Crippen LogP contribution >= 0.6 is 11.3 Å². The summed E-state index contributed by atoms with van der Waals surface area (Å²) in [4.78, 5) is 7.69. The van der Waals surface area contributed by atoms with Gasteiger partial charge in [-0.15, -0.1) is 11.3 Å². The molecule has 4 heteroatoms. The number of rotatable bonds is 5. The Balaban J connectivity index is 2.55. The third kappa shape index (κ3) is 2.96. The first-order chi connectivity index (χ1) is 6.67. The van der Waals surface area contributed by atoms with E-state index < -0.39 is 0 Å². The van der Waals surface area contributed by atoms with Crippen LogP contribution in [0.2, 0.25) is 0 Å². The molecule has 1 aromatic heterocycles. The Hall–Kier alpha value is -0.610. The Morgan fingerprint density at radius 2 is 2.36 bits per heavy atom. The second-order valence-corrected chi connectivity index (χ2v) is 4.80. The number of thiazole rings is 1. The van der Waals surface area contributed by atoms with Gasteiger partial charge in [0.05, 0.1) is 0 Å². The minimum Gasteiger partial charge on any atom is -0.351 e. The van der Waals surface area contributed by atoms with Crippen LogP contribution in [0.5, 0.6) is 0 Å². The smallest absolute Gasteiger partial charge is 0.185 e. The lowest BCUT2D eigenvalue weighted by Crippen LogP contribution is -2.23. The molecule has 3 nitrogen and oxygen atoms in total. The van der Waals surface area contributed by atoms with Gasteiger partial charge in [0, 0.05) is 31.2 Å². The summed E-state index contributed by atoms with van der Waals surface area (Å²) in [7, 11) is 2.09. The van der Waals surface area contributed by atoms with Crippen LogP contribution in [-0.4, -0.2) is 18.6 Å². The average Bonchev–Trinajstić information content (AvgIpc) is 2.65. The van der Waals surface area contributed by atoms with E-state index in [0.29, 0.717) is 12.5 Å². The zero-order chi connectivity index (χ0) is 10.6. The summed E-state index contributed by atoms with van der Waals surface area (Å²) in [5.41, 5.74) is 5.54. The molecule has 0 aromatic carbocycles. The van der Waals surface area contributed by atoms with Gasteiger partial charge in [0.15, 0.2) is 5.13 Å². The number of nitrogens with zero attached hydrogens (tertiary/aromatic N) is 2. The van der Waals surface area contributed by atoms with Crippen molar-refractivity contribution < 1.29 is 0 Å². The molecule has 0 radical (unpaired) electrons. The molecule has 0 spiro atoms. The molecule has 0 saturated heterocycles. The minimum atomic E-state index is 0.592. The molecule has 1 unspecified atom stereocenters. The van der Waals surface area contributed by atoms with Gasteiger partial charge in [-0.05, 0) is 5.92 Å². The lowest BCUT2D eigenvalue weighted by atomic mass is 10.1. The normalized spacial score (nSPS) is 12.9. The van der Waals surface area contributed by atoms with Crippen LogP contribution in [0.4, 0.5) is 5.13 Å². The van der Waals surface area contributed by atoms with E-state index >= 15 is 0 Å². The summed E-state index contributed by atoms with van der Waals surface area (Å²) in [6, 6.07) is 0. The number of anilines is 1. The highest BCUT2D eigenvalue weighted by molar-refractivity contribution is 7.15. The topological polar surface area (TPSA) is 42.2 Å². The van der Waals surface area contributed by atoms with Crippen LogP contribution in [0.25, 0.3) is 0 Å².